The van der Waals surface area contributed by atoms with Crippen molar-refractivity contribution in [2.24, 2.45) is 0 Å². The van der Waals surface area contributed by atoms with Gasteiger partial charge in [0.25, 0.3) is 0 Å². The summed E-state index contributed by atoms with van der Waals surface area (Å²) < 4.78 is 36.3. The lowest BCUT2D eigenvalue weighted by atomic mass is 10.1. The molecule has 0 aliphatic heterocycles. The second-order valence-corrected chi connectivity index (χ2v) is 5.75. The van der Waals surface area contributed by atoms with E-state index in [2.05, 4.69) is 19.8 Å². The Morgan fingerprint density at radius 2 is 2.04 bits per heavy atom. The fourth-order valence-electron chi connectivity index (χ4n) is 2.67. The minimum Gasteiger partial charge on any atom is -0.481 e. The molecule has 0 aliphatic carbocycles. The Labute approximate surface area is 154 Å². The summed E-state index contributed by atoms with van der Waals surface area (Å²) >= 11 is 0. The molecule has 142 valence electrons. The van der Waals surface area contributed by atoms with Gasteiger partial charge in [-0.25, -0.2) is 9.97 Å². The SMILES string of the molecule is COc1ncc(Cn2nc(CO)cc2C)cc1-c1ccnc(OC(F)F)c1. The Kier molecular flexibility index (Phi) is 5.60. The van der Waals surface area contributed by atoms with Gasteiger partial charge in [-0.2, -0.15) is 13.9 Å². The quantitative estimate of drug-likeness (QED) is 0.683. The van der Waals surface area contributed by atoms with Crippen LogP contribution in [-0.4, -0.2) is 38.6 Å². The van der Waals surface area contributed by atoms with Crippen LogP contribution in [0.5, 0.6) is 11.8 Å². The lowest BCUT2D eigenvalue weighted by Gasteiger charge is -2.12. The number of rotatable bonds is 7. The molecule has 0 spiro atoms. The molecule has 0 unspecified atom stereocenters. The van der Waals surface area contributed by atoms with Crippen LogP contribution in [0.15, 0.2) is 36.7 Å². The van der Waals surface area contributed by atoms with E-state index in [1.165, 1.54) is 19.4 Å². The van der Waals surface area contributed by atoms with Crippen LogP contribution in [0.3, 0.4) is 0 Å². The van der Waals surface area contributed by atoms with Crippen LogP contribution in [-0.2, 0) is 13.2 Å². The molecule has 9 heteroatoms. The van der Waals surface area contributed by atoms with E-state index in [1.54, 1.807) is 23.0 Å². The number of aromatic nitrogens is 4. The second-order valence-electron chi connectivity index (χ2n) is 5.75. The standard InChI is InChI=1S/C18H18F2N4O3/c1-11-5-14(10-25)23-24(11)9-12-6-15(17(26-2)22-8-12)13-3-4-21-16(7-13)27-18(19)20/h3-8,18,25H,9-10H2,1-2H3. The summed E-state index contributed by atoms with van der Waals surface area (Å²) in [5.74, 6) is 0.159. The average molecular weight is 376 g/mol. The first-order chi connectivity index (χ1) is 13.0. The van der Waals surface area contributed by atoms with E-state index in [4.69, 9.17) is 4.74 Å². The number of nitrogens with zero attached hydrogens (tertiary/aromatic N) is 4. The van der Waals surface area contributed by atoms with Gasteiger partial charge in [0.2, 0.25) is 11.8 Å². The zero-order valence-electron chi connectivity index (χ0n) is 14.8. The topological polar surface area (TPSA) is 82.3 Å². The van der Waals surface area contributed by atoms with Crippen molar-refractivity contribution >= 4 is 0 Å². The summed E-state index contributed by atoms with van der Waals surface area (Å²) in [4.78, 5) is 8.07. The molecule has 0 saturated heterocycles. The van der Waals surface area contributed by atoms with E-state index >= 15 is 0 Å². The van der Waals surface area contributed by atoms with Crippen molar-refractivity contribution in [2.45, 2.75) is 26.7 Å². The van der Waals surface area contributed by atoms with Gasteiger partial charge in [0.15, 0.2) is 0 Å². The Morgan fingerprint density at radius 1 is 1.22 bits per heavy atom. The van der Waals surface area contributed by atoms with E-state index in [0.717, 1.165) is 11.3 Å². The zero-order chi connectivity index (χ0) is 19.4. The molecule has 0 saturated carbocycles. The monoisotopic (exact) mass is 376 g/mol. The predicted molar refractivity (Wildman–Crippen MR) is 92.6 cm³/mol. The molecule has 3 rings (SSSR count). The number of halogens is 2. The van der Waals surface area contributed by atoms with Crippen LogP contribution in [0.2, 0.25) is 0 Å². The number of aliphatic hydroxyl groups excluding tert-OH is 1. The highest BCUT2D eigenvalue weighted by Gasteiger charge is 2.13. The number of hydrogen-bond acceptors (Lipinski definition) is 6. The van der Waals surface area contributed by atoms with Crippen molar-refractivity contribution in [2.75, 3.05) is 7.11 Å². The third-order valence-corrected chi connectivity index (χ3v) is 3.88. The maximum Gasteiger partial charge on any atom is 0.388 e. The maximum absolute atomic E-state index is 12.4. The number of aliphatic hydroxyl groups is 1. The van der Waals surface area contributed by atoms with Crippen molar-refractivity contribution in [1.29, 1.82) is 0 Å². The van der Waals surface area contributed by atoms with Gasteiger partial charge < -0.3 is 14.6 Å². The smallest absolute Gasteiger partial charge is 0.388 e. The summed E-state index contributed by atoms with van der Waals surface area (Å²) in [6.07, 6.45) is 3.03. The van der Waals surface area contributed by atoms with E-state index in [1.807, 2.05) is 13.0 Å². The van der Waals surface area contributed by atoms with E-state index < -0.39 is 6.61 Å². The van der Waals surface area contributed by atoms with Gasteiger partial charge in [0, 0.05) is 29.7 Å². The van der Waals surface area contributed by atoms with Crippen LogP contribution >= 0.6 is 0 Å². The maximum atomic E-state index is 12.4. The van der Waals surface area contributed by atoms with Crippen molar-refractivity contribution in [3.05, 3.63) is 53.6 Å². The first kappa shape index (κ1) is 18.7. The number of alkyl halides is 2. The Balaban J connectivity index is 1.95. The fraction of sp³-hybridized carbons (Fsp3) is 0.278. The minimum absolute atomic E-state index is 0.135. The van der Waals surface area contributed by atoms with Gasteiger partial charge in [-0.3, -0.25) is 4.68 Å². The molecular weight excluding hydrogens is 358 g/mol. The number of methoxy groups -OCH3 is 1. The lowest BCUT2D eigenvalue weighted by Crippen LogP contribution is -2.06. The summed E-state index contributed by atoms with van der Waals surface area (Å²) in [5, 5.41) is 13.5. The molecule has 1 N–H and O–H groups in total. The number of pyridine rings is 2. The van der Waals surface area contributed by atoms with Gasteiger partial charge in [0.05, 0.1) is 26.0 Å². The van der Waals surface area contributed by atoms with Crippen molar-refractivity contribution in [1.82, 2.24) is 19.7 Å². The number of hydrogen-bond donors (Lipinski definition) is 1. The van der Waals surface area contributed by atoms with Gasteiger partial charge in [-0.1, -0.05) is 0 Å². The molecule has 0 fully saturated rings. The van der Waals surface area contributed by atoms with Gasteiger partial charge in [-0.15, -0.1) is 0 Å². The predicted octanol–water partition coefficient (Wildman–Crippen LogP) is 2.80. The molecule has 3 aromatic rings. The molecule has 0 aliphatic rings. The van der Waals surface area contributed by atoms with E-state index in [-0.39, 0.29) is 12.5 Å². The van der Waals surface area contributed by atoms with Crippen molar-refractivity contribution < 1.29 is 23.4 Å². The molecule has 0 radical (unpaired) electrons. The number of aryl methyl sites for hydroxylation is 1. The summed E-state index contributed by atoms with van der Waals surface area (Å²) in [7, 11) is 1.48. The van der Waals surface area contributed by atoms with Gasteiger partial charge >= 0.3 is 6.61 Å². The van der Waals surface area contributed by atoms with Crippen LogP contribution in [0.1, 0.15) is 17.0 Å². The number of ether oxygens (including phenoxy) is 2. The Hall–Kier alpha value is -3.07. The Bertz CT molecular complexity index is 931. The largest absolute Gasteiger partial charge is 0.481 e. The minimum atomic E-state index is -2.96. The molecule has 0 bridgehead atoms. The molecule has 3 heterocycles. The molecule has 0 aromatic carbocycles. The van der Waals surface area contributed by atoms with Crippen molar-refractivity contribution in [3.8, 4) is 22.9 Å². The molecule has 3 aromatic heterocycles. The van der Waals surface area contributed by atoms with Gasteiger partial charge in [0.1, 0.15) is 0 Å². The Morgan fingerprint density at radius 3 is 2.70 bits per heavy atom. The summed E-state index contributed by atoms with van der Waals surface area (Å²) in [6.45, 7) is -0.769. The zero-order valence-corrected chi connectivity index (χ0v) is 14.8. The van der Waals surface area contributed by atoms with Crippen LogP contribution in [0.4, 0.5) is 8.78 Å². The van der Waals surface area contributed by atoms with Crippen LogP contribution in [0, 0.1) is 6.92 Å². The molecule has 0 atom stereocenters. The highest BCUT2D eigenvalue weighted by molar-refractivity contribution is 5.69. The molecular formula is C18H18F2N4O3. The summed E-state index contributed by atoms with van der Waals surface area (Å²) in [6, 6.07) is 6.70. The molecule has 7 nitrogen and oxygen atoms in total. The third kappa shape index (κ3) is 4.37. The third-order valence-electron chi connectivity index (χ3n) is 3.88. The molecule has 27 heavy (non-hydrogen) atoms. The summed E-state index contributed by atoms with van der Waals surface area (Å²) in [5.41, 5.74) is 3.50. The van der Waals surface area contributed by atoms with E-state index in [9.17, 15) is 13.9 Å². The first-order valence-corrected chi connectivity index (χ1v) is 8.08. The van der Waals surface area contributed by atoms with Crippen molar-refractivity contribution in [3.63, 3.8) is 0 Å². The lowest BCUT2D eigenvalue weighted by molar-refractivity contribution is -0.0528. The average Bonchev–Trinajstić information content (AvgIpc) is 3.01. The molecule has 0 amide bonds. The van der Waals surface area contributed by atoms with E-state index in [0.29, 0.717) is 29.2 Å². The normalized spacial score (nSPS) is 11.0. The van der Waals surface area contributed by atoms with Crippen LogP contribution in [0.25, 0.3) is 11.1 Å². The highest BCUT2D eigenvalue weighted by Crippen LogP contribution is 2.31. The van der Waals surface area contributed by atoms with Gasteiger partial charge in [-0.05, 0) is 36.2 Å². The van der Waals surface area contributed by atoms with Crippen LogP contribution < -0.4 is 9.47 Å². The second kappa shape index (κ2) is 8.09. The highest BCUT2D eigenvalue weighted by atomic mass is 19.3. The fourth-order valence-corrected chi connectivity index (χ4v) is 2.67. The first-order valence-electron chi connectivity index (χ1n) is 8.08.